The number of hydrogen-bond acceptors (Lipinski definition) is 5. The van der Waals surface area contributed by atoms with Gasteiger partial charge in [-0.1, -0.05) is 54.6 Å². The van der Waals surface area contributed by atoms with Crippen LogP contribution in [0.4, 0.5) is 11.4 Å². The number of rotatable bonds is 7. The first-order valence-corrected chi connectivity index (χ1v) is 14.0. The second kappa shape index (κ2) is 13.1. The van der Waals surface area contributed by atoms with Crippen molar-refractivity contribution >= 4 is 40.5 Å². The van der Waals surface area contributed by atoms with E-state index in [0.717, 1.165) is 41.2 Å². The van der Waals surface area contributed by atoms with Crippen LogP contribution in [-0.2, 0) is 6.61 Å². The van der Waals surface area contributed by atoms with Gasteiger partial charge < -0.3 is 19.9 Å². The molecule has 0 bridgehead atoms. The molecule has 5 rings (SSSR count). The fourth-order valence-corrected chi connectivity index (χ4v) is 4.92. The summed E-state index contributed by atoms with van der Waals surface area (Å²) < 4.78 is 5.84. The summed E-state index contributed by atoms with van der Waals surface area (Å²) in [6.45, 7) is 5.24. The van der Waals surface area contributed by atoms with Gasteiger partial charge in [0.2, 0.25) is 0 Å². The molecule has 1 aliphatic heterocycles. The molecule has 0 atom stereocenters. The summed E-state index contributed by atoms with van der Waals surface area (Å²) in [7, 11) is 0. The third-order valence-electron chi connectivity index (χ3n) is 7.00. The van der Waals surface area contributed by atoms with E-state index in [-0.39, 0.29) is 16.9 Å². The lowest BCUT2D eigenvalue weighted by Crippen LogP contribution is -2.48. The van der Waals surface area contributed by atoms with Crippen molar-refractivity contribution in [3.05, 3.63) is 125 Å². The van der Waals surface area contributed by atoms with Crippen molar-refractivity contribution in [2.75, 3.05) is 36.4 Å². The Labute approximate surface area is 245 Å². The van der Waals surface area contributed by atoms with Gasteiger partial charge in [0, 0.05) is 48.7 Å². The number of piperazine rings is 1. The van der Waals surface area contributed by atoms with Crippen molar-refractivity contribution < 1.29 is 14.3 Å². The van der Waals surface area contributed by atoms with Crippen LogP contribution >= 0.6 is 12.2 Å². The molecular weight excluding hydrogens is 532 g/mol. The lowest BCUT2D eigenvalue weighted by atomic mass is 10.1. The normalized spacial score (nSPS) is 12.9. The van der Waals surface area contributed by atoms with E-state index in [0.29, 0.717) is 31.0 Å². The predicted molar refractivity (Wildman–Crippen MR) is 167 cm³/mol. The van der Waals surface area contributed by atoms with E-state index < -0.39 is 0 Å². The fourth-order valence-electron chi connectivity index (χ4n) is 4.71. The Kier molecular flexibility index (Phi) is 8.91. The highest BCUT2D eigenvalue weighted by Gasteiger charge is 2.23. The van der Waals surface area contributed by atoms with Gasteiger partial charge in [0.15, 0.2) is 5.11 Å². The second-order valence-electron chi connectivity index (χ2n) is 9.85. The third-order valence-corrected chi connectivity index (χ3v) is 7.21. The Morgan fingerprint density at radius 2 is 1.54 bits per heavy atom. The molecule has 7 nitrogen and oxygen atoms in total. The molecule has 4 aromatic rings. The Balaban J connectivity index is 1.10. The average molecular weight is 565 g/mol. The predicted octanol–water partition coefficient (Wildman–Crippen LogP) is 5.66. The zero-order valence-electron chi connectivity index (χ0n) is 22.9. The Hall–Kier alpha value is -4.69. The van der Waals surface area contributed by atoms with Gasteiger partial charge in [-0.25, -0.2) is 0 Å². The van der Waals surface area contributed by atoms with Crippen LogP contribution in [0, 0.1) is 6.92 Å². The van der Waals surface area contributed by atoms with Gasteiger partial charge in [-0.3, -0.25) is 14.9 Å². The molecule has 0 unspecified atom stereocenters. The molecule has 0 radical (unpaired) electrons. The molecule has 4 aromatic carbocycles. The summed E-state index contributed by atoms with van der Waals surface area (Å²) in [6.07, 6.45) is 0. The number of benzene rings is 4. The summed E-state index contributed by atoms with van der Waals surface area (Å²) in [5.74, 6) is 0.378. The van der Waals surface area contributed by atoms with Crippen LogP contribution in [0.5, 0.6) is 5.75 Å². The highest BCUT2D eigenvalue weighted by Crippen LogP contribution is 2.21. The minimum Gasteiger partial charge on any atom is -0.489 e. The number of anilines is 2. The molecule has 1 saturated heterocycles. The minimum atomic E-state index is -0.317. The number of hydrogen-bond donors (Lipinski definition) is 2. The fraction of sp³-hybridized carbons (Fsp3) is 0.182. The summed E-state index contributed by atoms with van der Waals surface area (Å²) in [4.78, 5) is 29.9. The maximum Gasteiger partial charge on any atom is 0.257 e. The summed E-state index contributed by atoms with van der Waals surface area (Å²) in [6, 6.07) is 32.5. The van der Waals surface area contributed by atoms with Gasteiger partial charge in [0.25, 0.3) is 11.8 Å². The first-order valence-electron chi connectivity index (χ1n) is 13.6. The molecule has 41 heavy (non-hydrogen) atoms. The molecule has 0 saturated carbocycles. The summed E-state index contributed by atoms with van der Waals surface area (Å²) in [5, 5.41) is 6.02. The third kappa shape index (κ3) is 7.29. The van der Waals surface area contributed by atoms with Gasteiger partial charge >= 0.3 is 0 Å². The van der Waals surface area contributed by atoms with Crippen LogP contribution in [0.25, 0.3) is 0 Å². The summed E-state index contributed by atoms with van der Waals surface area (Å²) >= 11 is 5.38. The average Bonchev–Trinajstić information content (AvgIpc) is 3.01. The minimum absolute atomic E-state index is 0.0873. The maximum atomic E-state index is 12.9. The smallest absolute Gasteiger partial charge is 0.257 e. The number of nitrogens with one attached hydrogen (secondary N) is 2. The monoisotopic (exact) mass is 564 g/mol. The second-order valence-corrected chi connectivity index (χ2v) is 10.3. The van der Waals surface area contributed by atoms with Crippen LogP contribution in [-0.4, -0.2) is 48.0 Å². The molecule has 0 aliphatic carbocycles. The molecule has 0 spiro atoms. The standard InChI is InChI=1S/C33H32N4O3S/c1-24-8-5-6-13-30(24)32(39)37-20-18-36(19-21-37)28-16-14-27(15-17-28)34-33(41)35-31(38)26-11-7-12-29(22-26)40-23-25-9-3-2-4-10-25/h2-17,22H,18-21,23H2,1H3,(H2,34,35,38,41). The van der Waals surface area contributed by atoms with E-state index in [1.165, 1.54) is 0 Å². The van der Waals surface area contributed by atoms with Crippen LogP contribution in [0.1, 0.15) is 31.8 Å². The number of carbonyl (C=O) groups excluding carboxylic acids is 2. The van der Waals surface area contributed by atoms with Crippen LogP contribution in [0.15, 0.2) is 103 Å². The van der Waals surface area contributed by atoms with Gasteiger partial charge in [0.05, 0.1) is 0 Å². The zero-order chi connectivity index (χ0) is 28.6. The van der Waals surface area contributed by atoms with E-state index >= 15 is 0 Å². The van der Waals surface area contributed by atoms with Gasteiger partial charge in [0.1, 0.15) is 12.4 Å². The van der Waals surface area contributed by atoms with Crippen LogP contribution < -0.4 is 20.3 Å². The zero-order valence-corrected chi connectivity index (χ0v) is 23.7. The number of nitrogens with zero attached hydrogens (tertiary/aromatic N) is 2. The van der Waals surface area contributed by atoms with Crippen molar-refractivity contribution in [3.8, 4) is 5.75 Å². The number of amides is 2. The Bertz CT molecular complexity index is 1520. The lowest BCUT2D eigenvalue weighted by molar-refractivity contribution is 0.0746. The SMILES string of the molecule is Cc1ccccc1C(=O)N1CCN(c2ccc(NC(=S)NC(=O)c3cccc(OCc4ccccc4)c3)cc2)CC1. The molecular formula is C33H32N4O3S. The molecule has 2 N–H and O–H groups in total. The van der Waals surface area contributed by atoms with Crippen LogP contribution in [0.2, 0.25) is 0 Å². The quantitative estimate of drug-likeness (QED) is 0.282. The van der Waals surface area contributed by atoms with Gasteiger partial charge in [-0.2, -0.15) is 0 Å². The van der Waals surface area contributed by atoms with E-state index in [9.17, 15) is 9.59 Å². The number of ether oxygens (including phenoxy) is 1. The Morgan fingerprint density at radius 1 is 0.829 bits per heavy atom. The molecule has 2 amide bonds. The molecule has 208 valence electrons. The van der Waals surface area contributed by atoms with Gasteiger partial charge in [-0.15, -0.1) is 0 Å². The molecule has 8 heteroatoms. The number of carbonyl (C=O) groups is 2. The van der Waals surface area contributed by atoms with Crippen molar-refractivity contribution in [1.82, 2.24) is 10.2 Å². The molecule has 0 aromatic heterocycles. The molecule has 1 aliphatic rings. The van der Waals surface area contributed by atoms with E-state index in [4.69, 9.17) is 17.0 Å². The Morgan fingerprint density at radius 3 is 2.27 bits per heavy atom. The van der Waals surface area contributed by atoms with Gasteiger partial charge in [-0.05, 0) is 78.8 Å². The largest absolute Gasteiger partial charge is 0.489 e. The molecule has 1 fully saturated rings. The first-order chi connectivity index (χ1) is 20.0. The van der Waals surface area contributed by atoms with Crippen molar-refractivity contribution in [2.24, 2.45) is 0 Å². The first kappa shape index (κ1) is 27.9. The van der Waals surface area contributed by atoms with Crippen molar-refractivity contribution in [1.29, 1.82) is 0 Å². The van der Waals surface area contributed by atoms with E-state index in [1.54, 1.807) is 18.2 Å². The van der Waals surface area contributed by atoms with E-state index in [1.807, 2.05) is 96.8 Å². The van der Waals surface area contributed by atoms with Crippen molar-refractivity contribution in [3.63, 3.8) is 0 Å². The van der Waals surface area contributed by atoms with Crippen molar-refractivity contribution in [2.45, 2.75) is 13.5 Å². The highest BCUT2D eigenvalue weighted by atomic mass is 32.1. The summed E-state index contributed by atoms with van der Waals surface area (Å²) in [5.41, 5.74) is 5.11. The number of aryl methyl sites for hydroxylation is 1. The highest BCUT2D eigenvalue weighted by molar-refractivity contribution is 7.80. The molecule has 1 heterocycles. The number of thiocarbonyl (C=S) groups is 1. The maximum absolute atomic E-state index is 12.9. The lowest BCUT2D eigenvalue weighted by Gasteiger charge is -2.36. The topological polar surface area (TPSA) is 73.9 Å². The van der Waals surface area contributed by atoms with E-state index in [2.05, 4.69) is 15.5 Å². The van der Waals surface area contributed by atoms with Crippen LogP contribution in [0.3, 0.4) is 0 Å².